The summed E-state index contributed by atoms with van der Waals surface area (Å²) in [4.78, 5) is 19.5. The van der Waals surface area contributed by atoms with Crippen LogP contribution < -0.4 is 5.32 Å². The molecule has 0 aliphatic heterocycles. The van der Waals surface area contributed by atoms with Gasteiger partial charge < -0.3 is 5.32 Å². The van der Waals surface area contributed by atoms with Crippen LogP contribution in [0.25, 0.3) is 0 Å². The third kappa shape index (κ3) is 2.92. The number of rotatable bonds is 2. The Labute approximate surface area is 99.4 Å². The molecule has 0 saturated heterocycles. The van der Waals surface area contributed by atoms with Crippen molar-refractivity contribution in [3.63, 3.8) is 0 Å². The molecule has 5 heteroatoms. The Hall–Kier alpha value is -1.16. The van der Waals surface area contributed by atoms with Crippen LogP contribution in [0.2, 0.25) is 5.15 Å². The minimum absolute atomic E-state index is 0.151. The molecular weight excluding hydrogens is 226 g/mol. The van der Waals surface area contributed by atoms with Gasteiger partial charge in [0.15, 0.2) is 0 Å². The van der Waals surface area contributed by atoms with Gasteiger partial charge in [0.2, 0.25) is 5.82 Å². The number of carbonyl (C=O) groups excluding carboxylic acids is 1. The van der Waals surface area contributed by atoms with Gasteiger partial charge in [-0.1, -0.05) is 30.9 Å². The molecule has 0 atom stereocenters. The third-order valence-electron chi connectivity index (χ3n) is 2.77. The lowest BCUT2D eigenvalue weighted by molar-refractivity contribution is 0.0917. The molecule has 1 fully saturated rings. The predicted octanol–water partition coefficient (Wildman–Crippen LogP) is 2.19. The number of halogens is 1. The maximum atomic E-state index is 11.8. The highest BCUT2D eigenvalue weighted by atomic mass is 35.5. The highest BCUT2D eigenvalue weighted by molar-refractivity contribution is 6.29. The minimum atomic E-state index is -0.227. The smallest absolute Gasteiger partial charge is 0.289 e. The molecule has 0 spiro atoms. The highest BCUT2D eigenvalue weighted by Crippen LogP contribution is 2.17. The average Bonchev–Trinajstić information content (AvgIpc) is 2.30. The zero-order valence-corrected chi connectivity index (χ0v) is 9.70. The quantitative estimate of drug-likeness (QED) is 0.805. The normalized spacial score (nSPS) is 17.1. The second-order valence-electron chi connectivity index (χ2n) is 4.01. The topological polar surface area (TPSA) is 54.9 Å². The molecule has 16 heavy (non-hydrogen) atoms. The number of nitrogens with zero attached hydrogens (tertiary/aromatic N) is 2. The van der Waals surface area contributed by atoms with Gasteiger partial charge in [0.05, 0.1) is 0 Å². The number of carbonyl (C=O) groups is 1. The van der Waals surface area contributed by atoms with Crippen molar-refractivity contribution < 1.29 is 4.79 Å². The molecule has 2 rings (SSSR count). The van der Waals surface area contributed by atoms with Crippen LogP contribution in [-0.4, -0.2) is 21.9 Å². The van der Waals surface area contributed by atoms with Crippen LogP contribution in [-0.2, 0) is 0 Å². The zero-order valence-electron chi connectivity index (χ0n) is 8.95. The molecule has 4 nitrogen and oxygen atoms in total. The monoisotopic (exact) mass is 239 g/mol. The lowest BCUT2D eigenvalue weighted by Crippen LogP contribution is -2.37. The fourth-order valence-electron chi connectivity index (χ4n) is 1.94. The summed E-state index contributed by atoms with van der Waals surface area (Å²) in [5, 5.41) is 3.23. The number of aromatic nitrogens is 2. The van der Waals surface area contributed by atoms with Gasteiger partial charge in [-0.2, -0.15) is 0 Å². The zero-order chi connectivity index (χ0) is 11.4. The first-order valence-corrected chi connectivity index (χ1v) is 5.93. The van der Waals surface area contributed by atoms with Crippen LogP contribution in [0.4, 0.5) is 0 Å². The second kappa shape index (κ2) is 5.25. The summed E-state index contributed by atoms with van der Waals surface area (Å²) in [6.45, 7) is 0. The standard InChI is InChI=1S/C11H14ClN3O/c12-9-6-7-13-10(15-9)11(16)14-8-4-2-1-3-5-8/h6-8H,1-5H2,(H,14,16). The van der Waals surface area contributed by atoms with Crippen LogP contribution in [0.3, 0.4) is 0 Å². The summed E-state index contributed by atoms with van der Waals surface area (Å²) >= 11 is 5.70. The first-order chi connectivity index (χ1) is 7.75. The van der Waals surface area contributed by atoms with Crippen LogP contribution in [0.15, 0.2) is 12.3 Å². The van der Waals surface area contributed by atoms with Crippen molar-refractivity contribution in [1.29, 1.82) is 0 Å². The largest absolute Gasteiger partial charge is 0.347 e. The van der Waals surface area contributed by atoms with E-state index in [1.165, 1.54) is 25.5 Å². The fourth-order valence-corrected chi connectivity index (χ4v) is 2.08. The minimum Gasteiger partial charge on any atom is -0.347 e. The Kier molecular flexibility index (Phi) is 3.72. The average molecular weight is 240 g/mol. The Morgan fingerprint density at radius 3 is 2.81 bits per heavy atom. The van der Waals surface area contributed by atoms with E-state index >= 15 is 0 Å². The summed E-state index contributed by atoms with van der Waals surface area (Å²) in [6, 6.07) is 1.82. The van der Waals surface area contributed by atoms with E-state index in [9.17, 15) is 4.79 Å². The molecule has 1 aromatic heterocycles. The van der Waals surface area contributed by atoms with Gasteiger partial charge in [-0.15, -0.1) is 0 Å². The van der Waals surface area contributed by atoms with Crippen LogP contribution in [0.5, 0.6) is 0 Å². The van der Waals surface area contributed by atoms with Crippen LogP contribution >= 0.6 is 11.6 Å². The van der Waals surface area contributed by atoms with E-state index in [2.05, 4.69) is 15.3 Å². The second-order valence-corrected chi connectivity index (χ2v) is 4.40. The molecular formula is C11H14ClN3O. The highest BCUT2D eigenvalue weighted by Gasteiger charge is 2.18. The van der Waals surface area contributed by atoms with Crippen molar-refractivity contribution in [3.05, 3.63) is 23.2 Å². The Morgan fingerprint density at radius 2 is 2.12 bits per heavy atom. The van der Waals surface area contributed by atoms with Gasteiger partial charge >= 0.3 is 0 Å². The number of hydrogen-bond donors (Lipinski definition) is 1. The van der Waals surface area contributed by atoms with Crippen molar-refractivity contribution in [3.8, 4) is 0 Å². The van der Waals surface area contributed by atoms with Gasteiger partial charge in [-0.3, -0.25) is 4.79 Å². The van der Waals surface area contributed by atoms with E-state index in [-0.39, 0.29) is 17.8 Å². The van der Waals surface area contributed by atoms with Gasteiger partial charge in [0, 0.05) is 12.2 Å². The van der Waals surface area contributed by atoms with Crippen molar-refractivity contribution >= 4 is 17.5 Å². The van der Waals surface area contributed by atoms with E-state index < -0.39 is 0 Å². The number of amides is 1. The fraction of sp³-hybridized carbons (Fsp3) is 0.545. The summed E-state index contributed by atoms with van der Waals surface area (Å²) in [6.07, 6.45) is 7.21. The van der Waals surface area contributed by atoms with Gasteiger partial charge in [-0.25, -0.2) is 9.97 Å². The van der Waals surface area contributed by atoms with Gasteiger partial charge in [0.1, 0.15) is 5.15 Å². The molecule has 1 amide bonds. The lowest BCUT2D eigenvalue weighted by Gasteiger charge is -2.22. The van der Waals surface area contributed by atoms with Crippen molar-refractivity contribution in [1.82, 2.24) is 15.3 Å². The molecule has 0 bridgehead atoms. The van der Waals surface area contributed by atoms with E-state index in [1.54, 1.807) is 6.07 Å². The SMILES string of the molecule is O=C(NC1CCCCC1)c1nccc(Cl)n1. The first kappa shape index (κ1) is 11.3. The molecule has 0 unspecified atom stereocenters. The Morgan fingerprint density at radius 1 is 1.38 bits per heavy atom. The predicted molar refractivity (Wildman–Crippen MR) is 61.4 cm³/mol. The Bertz CT molecular complexity index is 377. The summed E-state index contributed by atoms with van der Waals surface area (Å²) < 4.78 is 0. The van der Waals surface area contributed by atoms with Crippen molar-refractivity contribution in [2.24, 2.45) is 0 Å². The molecule has 1 saturated carbocycles. The van der Waals surface area contributed by atoms with E-state index in [0.29, 0.717) is 5.15 Å². The molecule has 1 aliphatic carbocycles. The maximum absolute atomic E-state index is 11.8. The first-order valence-electron chi connectivity index (χ1n) is 5.55. The van der Waals surface area contributed by atoms with E-state index in [1.807, 2.05) is 0 Å². The number of nitrogens with one attached hydrogen (secondary N) is 1. The van der Waals surface area contributed by atoms with Crippen molar-refractivity contribution in [2.75, 3.05) is 0 Å². The van der Waals surface area contributed by atoms with E-state index in [0.717, 1.165) is 12.8 Å². The summed E-state index contributed by atoms with van der Waals surface area (Å²) in [5.74, 6) is -0.0764. The molecule has 0 radical (unpaired) electrons. The van der Waals surface area contributed by atoms with Crippen LogP contribution in [0, 0.1) is 0 Å². The molecule has 1 aliphatic rings. The molecule has 0 aromatic carbocycles. The van der Waals surface area contributed by atoms with Crippen molar-refractivity contribution in [2.45, 2.75) is 38.1 Å². The van der Waals surface area contributed by atoms with Crippen LogP contribution in [0.1, 0.15) is 42.7 Å². The van der Waals surface area contributed by atoms with Gasteiger partial charge in [-0.05, 0) is 18.9 Å². The summed E-state index contributed by atoms with van der Waals surface area (Å²) in [5.41, 5.74) is 0. The maximum Gasteiger partial charge on any atom is 0.289 e. The lowest BCUT2D eigenvalue weighted by atomic mass is 9.95. The Balaban J connectivity index is 1.97. The third-order valence-corrected chi connectivity index (χ3v) is 2.98. The molecule has 1 heterocycles. The molecule has 86 valence electrons. The number of hydrogen-bond acceptors (Lipinski definition) is 3. The van der Waals surface area contributed by atoms with E-state index in [4.69, 9.17) is 11.6 Å². The van der Waals surface area contributed by atoms with Gasteiger partial charge in [0.25, 0.3) is 5.91 Å². The molecule has 1 N–H and O–H groups in total. The summed E-state index contributed by atoms with van der Waals surface area (Å²) in [7, 11) is 0. The molecule has 1 aromatic rings.